The lowest BCUT2D eigenvalue weighted by Crippen LogP contribution is -2.59. The van der Waals surface area contributed by atoms with Crippen LogP contribution in [0.1, 0.15) is 11.3 Å². The summed E-state index contributed by atoms with van der Waals surface area (Å²) < 4.78 is 18.7. The third kappa shape index (κ3) is 4.00. The Labute approximate surface area is 165 Å². The maximum atomic E-state index is 13.2. The molecular formula is C19H18ClFN2O5. The van der Waals surface area contributed by atoms with Crippen molar-refractivity contribution < 1.29 is 29.6 Å². The SMILES string of the molecule is N#Cc1c(-c2ccc(F)cc2)cc(C[C@@H]2O[C@H](CO)[C@@H](O)[C@H](O)[C@H]2O)nc1Cl. The summed E-state index contributed by atoms with van der Waals surface area (Å²) in [4.78, 5) is 4.14. The molecule has 28 heavy (non-hydrogen) atoms. The highest BCUT2D eigenvalue weighted by Crippen LogP contribution is 2.30. The molecule has 1 aliphatic heterocycles. The summed E-state index contributed by atoms with van der Waals surface area (Å²) in [6.45, 7) is -0.538. The van der Waals surface area contributed by atoms with Crippen molar-refractivity contribution in [3.8, 4) is 17.2 Å². The fourth-order valence-corrected chi connectivity index (χ4v) is 3.44. The van der Waals surface area contributed by atoms with Crippen LogP contribution in [0.25, 0.3) is 11.1 Å². The highest BCUT2D eigenvalue weighted by atomic mass is 35.5. The molecule has 1 aromatic heterocycles. The summed E-state index contributed by atoms with van der Waals surface area (Å²) in [5.74, 6) is -0.427. The average Bonchev–Trinajstić information content (AvgIpc) is 2.68. The molecule has 0 bridgehead atoms. The molecule has 1 saturated heterocycles. The number of hydrogen-bond donors (Lipinski definition) is 4. The molecule has 0 saturated carbocycles. The van der Waals surface area contributed by atoms with E-state index in [1.807, 2.05) is 6.07 Å². The van der Waals surface area contributed by atoms with Gasteiger partial charge in [-0.2, -0.15) is 5.26 Å². The van der Waals surface area contributed by atoms with E-state index in [2.05, 4.69) is 4.98 Å². The zero-order valence-electron chi connectivity index (χ0n) is 14.5. The molecule has 3 rings (SSSR count). The molecule has 9 heteroatoms. The van der Waals surface area contributed by atoms with Crippen LogP contribution in [0.4, 0.5) is 4.39 Å². The van der Waals surface area contributed by atoms with Crippen LogP contribution in [0, 0.1) is 17.1 Å². The molecule has 0 aliphatic carbocycles. The van der Waals surface area contributed by atoms with Crippen LogP contribution in [0.2, 0.25) is 5.15 Å². The number of rotatable bonds is 4. The van der Waals surface area contributed by atoms with Gasteiger partial charge in [-0.05, 0) is 23.8 Å². The smallest absolute Gasteiger partial charge is 0.147 e. The van der Waals surface area contributed by atoms with Gasteiger partial charge < -0.3 is 25.2 Å². The van der Waals surface area contributed by atoms with Gasteiger partial charge in [0.2, 0.25) is 0 Å². The Kier molecular flexibility index (Phi) is 6.25. The lowest BCUT2D eigenvalue weighted by atomic mass is 9.92. The second kappa shape index (κ2) is 8.49. The predicted octanol–water partition coefficient (Wildman–Crippen LogP) is 0.798. The normalized spacial score (nSPS) is 27.4. The molecule has 0 amide bonds. The van der Waals surface area contributed by atoms with E-state index in [1.54, 1.807) is 6.07 Å². The van der Waals surface area contributed by atoms with E-state index in [9.17, 15) is 30.1 Å². The molecule has 1 aliphatic rings. The van der Waals surface area contributed by atoms with Gasteiger partial charge in [0.25, 0.3) is 0 Å². The molecule has 4 N–H and O–H groups in total. The lowest BCUT2D eigenvalue weighted by Gasteiger charge is -2.40. The fraction of sp³-hybridized carbons (Fsp3) is 0.368. The molecule has 148 valence electrons. The van der Waals surface area contributed by atoms with Gasteiger partial charge in [0.1, 0.15) is 41.5 Å². The molecular weight excluding hydrogens is 391 g/mol. The van der Waals surface area contributed by atoms with E-state index >= 15 is 0 Å². The van der Waals surface area contributed by atoms with E-state index in [0.717, 1.165) is 0 Å². The number of pyridine rings is 1. The number of nitrogens with zero attached hydrogens (tertiary/aromatic N) is 2. The molecule has 0 unspecified atom stereocenters. The standard InChI is InChI=1S/C19H18ClFN2O5/c20-19-13(7-22)12(9-1-3-10(21)4-2-9)5-11(23-19)6-14-16(25)18(27)17(26)15(8-24)28-14/h1-5,14-18,24-27H,6,8H2/t14-,15+,16-,17+,18+/m0/s1. The molecule has 5 atom stereocenters. The number of hydrogen-bond acceptors (Lipinski definition) is 7. The largest absolute Gasteiger partial charge is 0.394 e. The number of ether oxygens (including phenoxy) is 1. The van der Waals surface area contributed by atoms with Crippen LogP contribution < -0.4 is 0 Å². The van der Waals surface area contributed by atoms with Crippen molar-refractivity contribution in [1.29, 1.82) is 5.26 Å². The van der Waals surface area contributed by atoms with Crippen LogP contribution in [0.15, 0.2) is 30.3 Å². The van der Waals surface area contributed by atoms with Gasteiger partial charge >= 0.3 is 0 Å². The van der Waals surface area contributed by atoms with E-state index in [1.165, 1.54) is 24.3 Å². The quantitative estimate of drug-likeness (QED) is 0.551. The second-order valence-corrected chi connectivity index (χ2v) is 6.88. The third-order valence-corrected chi connectivity index (χ3v) is 4.97. The molecule has 1 aromatic carbocycles. The Morgan fingerprint density at radius 2 is 1.75 bits per heavy atom. The van der Waals surface area contributed by atoms with Crippen LogP contribution in [-0.2, 0) is 11.2 Å². The van der Waals surface area contributed by atoms with Crippen molar-refractivity contribution >= 4 is 11.6 Å². The maximum Gasteiger partial charge on any atom is 0.147 e. The van der Waals surface area contributed by atoms with E-state index < -0.39 is 42.9 Å². The highest BCUT2D eigenvalue weighted by Gasteiger charge is 2.43. The van der Waals surface area contributed by atoms with Gasteiger partial charge in [0.15, 0.2) is 0 Å². The molecule has 7 nitrogen and oxygen atoms in total. The fourth-order valence-electron chi connectivity index (χ4n) is 3.19. The second-order valence-electron chi connectivity index (χ2n) is 6.52. The minimum Gasteiger partial charge on any atom is -0.394 e. The predicted molar refractivity (Wildman–Crippen MR) is 96.8 cm³/mol. The summed E-state index contributed by atoms with van der Waals surface area (Å²) in [7, 11) is 0. The zero-order valence-corrected chi connectivity index (χ0v) is 15.3. The van der Waals surface area contributed by atoms with E-state index in [0.29, 0.717) is 16.8 Å². The zero-order chi connectivity index (χ0) is 20.4. The number of aliphatic hydroxyl groups is 4. The maximum absolute atomic E-state index is 13.2. The van der Waals surface area contributed by atoms with Crippen LogP contribution >= 0.6 is 11.6 Å². The molecule has 1 fully saturated rings. The van der Waals surface area contributed by atoms with Crippen molar-refractivity contribution in [1.82, 2.24) is 4.98 Å². The van der Waals surface area contributed by atoms with Gasteiger partial charge in [-0.1, -0.05) is 23.7 Å². The Balaban J connectivity index is 1.95. The van der Waals surface area contributed by atoms with Gasteiger partial charge in [0, 0.05) is 17.7 Å². The Hall–Kier alpha value is -2.12. The van der Waals surface area contributed by atoms with Crippen LogP contribution in [0.3, 0.4) is 0 Å². The average molecular weight is 409 g/mol. The third-order valence-electron chi connectivity index (χ3n) is 4.70. The number of aliphatic hydroxyl groups excluding tert-OH is 4. The van der Waals surface area contributed by atoms with Crippen molar-refractivity contribution in [2.24, 2.45) is 0 Å². The molecule has 0 radical (unpaired) electrons. The van der Waals surface area contributed by atoms with Crippen molar-refractivity contribution in [2.75, 3.05) is 6.61 Å². The highest BCUT2D eigenvalue weighted by molar-refractivity contribution is 6.31. The molecule has 2 aromatic rings. The molecule has 0 spiro atoms. The van der Waals surface area contributed by atoms with Gasteiger partial charge in [-0.25, -0.2) is 9.37 Å². The number of aromatic nitrogens is 1. The summed E-state index contributed by atoms with van der Waals surface area (Å²) in [5.41, 5.74) is 1.46. The van der Waals surface area contributed by atoms with E-state index in [4.69, 9.17) is 16.3 Å². The van der Waals surface area contributed by atoms with Crippen molar-refractivity contribution in [3.05, 3.63) is 52.6 Å². The van der Waals surface area contributed by atoms with Crippen LogP contribution in [0.5, 0.6) is 0 Å². The summed E-state index contributed by atoms with van der Waals surface area (Å²) in [5, 5.41) is 48.6. The molecule has 2 heterocycles. The Bertz CT molecular complexity index is 887. The number of benzene rings is 1. The van der Waals surface area contributed by atoms with E-state index in [-0.39, 0.29) is 17.1 Å². The lowest BCUT2D eigenvalue weighted by molar-refractivity contribution is -0.228. The first kappa shape index (κ1) is 20.6. The Morgan fingerprint density at radius 3 is 2.36 bits per heavy atom. The first-order valence-electron chi connectivity index (χ1n) is 8.51. The number of nitriles is 1. The van der Waals surface area contributed by atoms with Crippen LogP contribution in [-0.4, -0.2) is 62.5 Å². The summed E-state index contributed by atoms with van der Waals surface area (Å²) >= 11 is 6.14. The van der Waals surface area contributed by atoms with Gasteiger partial charge in [-0.3, -0.25) is 0 Å². The summed E-state index contributed by atoms with van der Waals surface area (Å²) in [6.07, 6.45) is -6.36. The van der Waals surface area contributed by atoms with Crippen molar-refractivity contribution in [3.63, 3.8) is 0 Å². The van der Waals surface area contributed by atoms with Gasteiger partial charge in [0.05, 0.1) is 18.3 Å². The monoisotopic (exact) mass is 408 g/mol. The van der Waals surface area contributed by atoms with Gasteiger partial charge in [-0.15, -0.1) is 0 Å². The summed E-state index contributed by atoms with van der Waals surface area (Å²) in [6, 6.07) is 9.04. The topological polar surface area (TPSA) is 127 Å². The minimum absolute atomic E-state index is 0.00106. The Morgan fingerprint density at radius 1 is 1.11 bits per heavy atom. The van der Waals surface area contributed by atoms with Crippen molar-refractivity contribution in [2.45, 2.75) is 36.9 Å². The number of halogens is 2. The minimum atomic E-state index is -1.50. The first-order chi connectivity index (χ1) is 13.3. The first-order valence-corrected chi connectivity index (χ1v) is 8.89.